The quantitative estimate of drug-likeness (QED) is 0.829. The van der Waals surface area contributed by atoms with Gasteiger partial charge in [-0.2, -0.15) is 0 Å². The summed E-state index contributed by atoms with van der Waals surface area (Å²) in [5.74, 6) is 0.721. The van der Waals surface area contributed by atoms with E-state index in [1.807, 2.05) is 23.1 Å². The predicted molar refractivity (Wildman–Crippen MR) is 81.2 cm³/mol. The molecule has 0 spiro atoms. The minimum absolute atomic E-state index is 0.0842. The van der Waals surface area contributed by atoms with Gasteiger partial charge in [0.05, 0.1) is 12.7 Å². The van der Waals surface area contributed by atoms with Crippen LogP contribution in [0.4, 0.5) is 0 Å². The van der Waals surface area contributed by atoms with Gasteiger partial charge in [-0.25, -0.2) is 0 Å². The minimum Gasteiger partial charge on any atom is -0.496 e. The van der Waals surface area contributed by atoms with Gasteiger partial charge in [0.1, 0.15) is 5.75 Å². The number of benzene rings is 1. The predicted octanol–water partition coefficient (Wildman–Crippen LogP) is 2.38. The van der Waals surface area contributed by atoms with Crippen LogP contribution in [-0.4, -0.2) is 55.0 Å². The van der Waals surface area contributed by atoms with Crippen LogP contribution in [0, 0.1) is 0 Å². The number of carbonyl (C=O) groups excluding carboxylic acids is 1. The number of hydrogen-bond donors (Lipinski definition) is 0. The molecule has 4 nitrogen and oxygen atoms in total. The molecule has 0 N–H and O–H groups in total. The monoisotopic (exact) mass is 338 g/mol. The summed E-state index contributed by atoms with van der Waals surface area (Å²) in [6.07, 6.45) is 2.47. The molecule has 2 saturated heterocycles. The van der Waals surface area contributed by atoms with E-state index in [4.69, 9.17) is 4.74 Å². The highest BCUT2D eigenvalue weighted by atomic mass is 79.9. The Morgan fingerprint density at radius 3 is 3.00 bits per heavy atom. The molecule has 2 aliphatic heterocycles. The van der Waals surface area contributed by atoms with E-state index in [-0.39, 0.29) is 5.91 Å². The third kappa shape index (κ3) is 2.56. The molecular formula is C15H19BrN2O2. The average Bonchev–Trinajstić information content (AvgIpc) is 2.93. The number of ether oxygens (including phenoxy) is 1. The number of fused-ring (bicyclic) bond motifs is 1. The second-order valence-electron chi connectivity index (χ2n) is 5.43. The zero-order valence-corrected chi connectivity index (χ0v) is 13.2. The van der Waals surface area contributed by atoms with Gasteiger partial charge in [-0.3, -0.25) is 9.69 Å². The van der Waals surface area contributed by atoms with E-state index in [1.165, 1.54) is 19.4 Å². The molecule has 108 valence electrons. The second-order valence-corrected chi connectivity index (χ2v) is 6.34. The van der Waals surface area contributed by atoms with Gasteiger partial charge in [0.2, 0.25) is 0 Å². The van der Waals surface area contributed by atoms with Crippen LogP contribution in [0.25, 0.3) is 0 Å². The Hall–Kier alpha value is -1.07. The van der Waals surface area contributed by atoms with Gasteiger partial charge >= 0.3 is 0 Å². The molecule has 2 fully saturated rings. The third-order valence-corrected chi connectivity index (χ3v) is 4.76. The van der Waals surface area contributed by atoms with Gasteiger partial charge in [0.15, 0.2) is 0 Å². The number of nitrogens with zero attached hydrogens (tertiary/aromatic N) is 2. The number of rotatable bonds is 2. The molecule has 0 saturated carbocycles. The standard InChI is InChI=1S/C15H19BrN2O2/c1-20-14-9-11(16)4-5-13(14)15(19)18-8-7-17-6-2-3-12(17)10-18/h4-5,9,12H,2-3,6-8,10H2,1H3. The van der Waals surface area contributed by atoms with Crippen molar-refractivity contribution in [3.05, 3.63) is 28.2 Å². The number of halogens is 1. The highest BCUT2D eigenvalue weighted by Gasteiger charge is 2.33. The van der Waals surface area contributed by atoms with Crippen LogP contribution in [0.3, 0.4) is 0 Å². The lowest BCUT2D eigenvalue weighted by molar-refractivity contribution is 0.0568. The number of piperazine rings is 1. The third-order valence-electron chi connectivity index (χ3n) is 4.27. The molecule has 1 atom stereocenters. The highest BCUT2D eigenvalue weighted by molar-refractivity contribution is 9.10. The van der Waals surface area contributed by atoms with E-state index in [0.29, 0.717) is 17.4 Å². The largest absolute Gasteiger partial charge is 0.496 e. The number of carbonyl (C=O) groups is 1. The van der Waals surface area contributed by atoms with Crippen molar-refractivity contribution in [3.8, 4) is 5.75 Å². The van der Waals surface area contributed by atoms with Crippen molar-refractivity contribution < 1.29 is 9.53 Å². The SMILES string of the molecule is COc1cc(Br)ccc1C(=O)N1CCN2CCCC2C1. The van der Waals surface area contributed by atoms with Crippen LogP contribution >= 0.6 is 15.9 Å². The summed E-state index contributed by atoms with van der Waals surface area (Å²) in [6.45, 7) is 3.84. The fraction of sp³-hybridized carbons (Fsp3) is 0.533. The Balaban J connectivity index is 1.79. The van der Waals surface area contributed by atoms with Crippen LogP contribution in [0.5, 0.6) is 5.75 Å². The molecule has 3 rings (SSSR count). The Bertz CT molecular complexity index is 521. The lowest BCUT2D eigenvalue weighted by Gasteiger charge is -2.37. The maximum absolute atomic E-state index is 12.7. The molecule has 5 heteroatoms. The Kier molecular flexibility index (Phi) is 3.98. The number of hydrogen-bond acceptors (Lipinski definition) is 3. The van der Waals surface area contributed by atoms with Crippen LogP contribution < -0.4 is 4.74 Å². The van der Waals surface area contributed by atoms with E-state index in [1.54, 1.807) is 7.11 Å². The van der Waals surface area contributed by atoms with Gasteiger partial charge in [-0.15, -0.1) is 0 Å². The van der Waals surface area contributed by atoms with E-state index >= 15 is 0 Å². The van der Waals surface area contributed by atoms with Crippen molar-refractivity contribution >= 4 is 21.8 Å². The summed E-state index contributed by atoms with van der Waals surface area (Å²) >= 11 is 3.41. The first-order chi connectivity index (χ1) is 9.69. The van der Waals surface area contributed by atoms with Crippen LogP contribution in [0.2, 0.25) is 0 Å². The fourth-order valence-corrected chi connectivity index (χ4v) is 3.53. The highest BCUT2D eigenvalue weighted by Crippen LogP contribution is 2.27. The Morgan fingerprint density at radius 1 is 1.35 bits per heavy atom. The van der Waals surface area contributed by atoms with Crippen molar-refractivity contribution in [1.82, 2.24) is 9.80 Å². The zero-order chi connectivity index (χ0) is 14.1. The van der Waals surface area contributed by atoms with Crippen LogP contribution in [0.1, 0.15) is 23.2 Å². The molecule has 0 bridgehead atoms. The van der Waals surface area contributed by atoms with Crippen molar-refractivity contribution in [3.63, 3.8) is 0 Å². The van der Waals surface area contributed by atoms with E-state index in [0.717, 1.165) is 24.1 Å². The number of amides is 1. The molecule has 0 aliphatic carbocycles. The fourth-order valence-electron chi connectivity index (χ4n) is 3.19. The number of methoxy groups -OCH3 is 1. The summed E-state index contributed by atoms with van der Waals surface area (Å²) in [5, 5.41) is 0. The molecule has 2 heterocycles. The first-order valence-corrected chi connectivity index (χ1v) is 7.85. The topological polar surface area (TPSA) is 32.8 Å². The van der Waals surface area contributed by atoms with Gasteiger partial charge in [-0.1, -0.05) is 15.9 Å². The summed E-state index contributed by atoms with van der Waals surface area (Å²) < 4.78 is 6.26. The summed E-state index contributed by atoms with van der Waals surface area (Å²) in [4.78, 5) is 17.2. The van der Waals surface area contributed by atoms with Gasteiger partial charge < -0.3 is 9.64 Å². The normalized spacial score (nSPS) is 22.7. The van der Waals surface area contributed by atoms with Gasteiger partial charge in [-0.05, 0) is 37.6 Å². The molecule has 1 aromatic rings. The van der Waals surface area contributed by atoms with E-state index < -0.39 is 0 Å². The Morgan fingerprint density at radius 2 is 2.20 bits per heavy atom. The van der Waals surface area contributed by atoms with Gasteiger partial charge in [0.25, 0.3) is 5.91 Å². The molecular weight excluding hydrogens is 320 g/mol. The van der Waals surface area contributed by atoms with Crippen molar-refractivity contribution in [2.75, 3.05) is 33.3 Å². The molecule has 1 amide bonds. The first kappa shape index (κ1) is 13.9. The second kappa shape index (κ2) is 5.74. The summed E-state index contributed by atoms with van der Waals surface area (Å²) in [7, 11) is 1.60. The molecule has 1 unspecified atom stereocenters. The van der Waals surface area contributed by atoms with Crippen molar-refractivity contribution in [2.24, 2.45) is 0 Å². The molecule has 2 aliphatic rings. The van der Waals surface area contributed by atoms with E-state index in [2.05, 4.69) is 20.8 Å². The lowest BCUT2D eigenvalue weighted by atomic mass is 10.1. The molecule has 20 heavy (non-hydrogen) atoms. The summed E-state index contributed by atoms with van der Waals surface area (Å²) in [6, 6.07) is 6.13. The average molecular weight is 339 g/mol. The maximum Gasteiger partial charge on any atom is 0.257 e. The zero-order valence-electron chi connectivity index (χ0n) is 11.6. The van der Waals surface area contributed by atoms with Crippen molar-refractivity contribution in [1.29, 1.82) is 0 Å². The van der Waals surface area contributed by atoms with Crippen LogP contribution in [-0.2, 0) is 0 Å². The maximum atomic E-state index is 12.7. The van der Waals surface area contributed by atoms with Crippen molar-refractivity contribution in [2.45, 2.75) is 18.9 Å². The van der Waals surface area contributed by atoms with Gasteiger partial charge in [0, 0.05) is 30.1 Å². The smallest absolute Gasteiger partial charge is 0.257 e. The molecule has 0 radical (unpaired) electrons. The molecule has 1 aromatic carbocycles. The summed E-state index contributed by atoms with van der Waals surface area (Å²) in [5.41, 5.74) is 0.655. The molecule has 0 aromatic heterocycles. The van der Waals surface area contributed by atoms with E-state index in [9.17, 15) is 4.79 Å². The first-order valence-electron chi connectivity index (χ1n) is 7.06. The van der Waals surface area contributed by atoms with Crippen LogP contribution in [0.15, 0.2) is 22.7 Å². The Labute approximate surface area is 127 Å². The minimum atomic E-state index is 0.0842. The lowest BCUT2D eigenvalue weighted by Crippen LogP contribution is -2.52.